The van der Waals surface area contributed by atoms with Crippen LogP contribution >= 0.6 is 0 Å². The summed E-state index contributed by atoms with van der Waals surface area (Å²) in [4.78, 5) is 10.3. The smallest absolute Gasteiger partial charge is 0.193 e. The summed E-state index contributed by atoms with van der Waals surface area (Å²) in [5.74, 6) is 1.82. The summed E-state index contributed by atoms with van der Waals surface area (Å²) in [5.41, 5.74) is 5.16. The van der Waals surface area contributed by atoms with Crippen LogP contribution in [0.1, 0.15) is 48.7 Å². The normalized spacial score (nSPS) is 22.1. The van der Waals surface area contributed by atoms with Crippen molar-refractivity contribution in [3.05, 3.63) is 52.8 Å². The van der Waals surface area contributed by atoms with E-state index in [-0.39, 0.29) is 0 Å². The largest absolute Gasteiger partial charge is 0.357 e. The highest BCUT2D eigenvalue weighted by Crippen LogP contribution is 2.31. The Kier molecular flexibility index (Phi) is 7.51. The maximum atomic E-state index is 5.03. The molecule has 0 spiro atoms. The third kappa shape index (κ3) is 5.17. The van der Waals surface area contributed by atoms with Crippen molar-refractivity contribution in [2.45, 2.75) is 59.0 Å². The van der Waals surface area contributed by atoms with E-state index in [0.29, 0.717) is 6.04 Å². The minimum Gasteiger partial charge on any atom is -0.357 e. The summed E-state index contributed by atoms with van der Waals surface area (Å²) in [5, 5.41) is 8.12. The van der Waals surface area contributed by atoms with Gasteiger partial charge in [-0.05, 0) is 70.0 Å². The van der Waals surface area contributed by atoms with E-state index in [4.69, 9.17) is 4.99 Å². The van der Waals surface area contributed by atoms with Crippen molar-refractivity contribution >= 4 is 5.96 Å². The van der Waals surface area contributed by atoms with Crippen LogP contribution in [0.15, 0.2) is 35.3 Å². The molecule has 6 heteroatoms. The lowest BCUT2D eigenvalue weighted by Gasteiger charge is -2.48. The maximum absolute atomic E-state index is 5.03. The molecule has 0 amide bonds. The summed E-state index contributed by atoms with van der Waals surface area (Å²) in [7, 11) is 2.02. The first kappa shape index (κ1) is 22.8. The molecule has 1 aromatic carbocycles. The monoisotopic (exact) mass is 436 g/mol. The fourth-order valence-corrected chi connectivity index (χ4v) is 5.59. The molecule has 1 aromatic heterocycles. The number of hydrogen-bond acceptors (Lipinski definition) is 3. The Hall–Kier alpha value is -2.34. The van der Waals surface area contributed by atoms with Crippen LogP contribution in [0.3, 0.4) is 0 Å². The van der Waals surface area contributed by atoms with Gasteiger partial charge in [-0.15, -0.1) is 0 Å². The molecule has 32 heavy (non-hydrogen) atoms. The Morgan fingerprint density at radius 1 is 1.16 bits per heavy atom. The van der Waals surface area contributed by atoms with Gasteiger partial charge in [0.2, 0.25) is 0 Å². The molecule has 2 unspecified atom stereocenters. The van der Waals surface area contributed by atoms with E-state index < -0.39 is 0 Å². The number of aromatic nitrogens is 2. The minimum atomic E-state index is 0.698. The summed E-state index contributed by atoms with van der Waals surface area (Å²) in [6.07, 6.45) is 4.81. The summed E-state index contributed by atoms with van der Waals surface area (Å²) in [6.45, 7) is 12.7. The van der Waals surface area contributed by atoms with Crippen LogP contribution in [-0.2, 0) is 20.0 Å². The van der Waals surface area contributed by atoms with Crippen molar-refractivity contribution in [3.63, 3.8) is 0 Å². The van der Waals surface area contributed by atoms with Gasteiger partial charge in [-0.1, -0.05) is 30.3 Å². The summed E-state index contributed by atoms with van der Waals surface area (Å²) < 4.78 is 1.98. The van der Waals surface area contributed by atoms with Crippen LogP contribution in [0.2, 0.25) is 0 Å². The van der Waals surface area contributed by atoms with Gasteiger partial charge in [0.15, 0.2) is 5.96 Å². The number of benzene rings is 1. The lowest BCUT2D eigenvalue weighted by molar-refractivity contribution is 0.0372. The van der Waals surface area contributed by atoms with Crippen molar-refractivity contribution in [1.82, 2.24) is 24.9 Å². The average molecular weight is 437 g/mol. The van der Waals surface area contributed by atoms with E-state index in [9.17, 15) is 0 Å². The van der Waals surface area contributed by atoms with E-state index in [1.807, 2.05) is 11.7 Å². The minimum absolute atomic E-state index is 0.698. The van der Waals surface area contributed by atoms with Crippen molar-refractivity contribution in [3.8, 4) is 0 Å². The average Bonchev–Trinajstić information content (AvgIpc) is 3.05. The molecule has 0 bridgehead atoms. The van der Waals surface area contributed by atoms with Gasteiger partial charge < -0.3 is 10.2 Å². The molecule has 2 atom stereocenters. The number of guanidine groups is 1. The van der Waals surface area contributed by atoms with Gasteiger partial charge in [0.25, 0.3) is 0 Å². The molecule has 174 valence electrons. The van der Waals surface area contributed by atoms with E-state index in [0.717, 1.165) is 56.7 Å². The first-order chi connectivity index (χ1) is 15.6. The Labute approximate surface area is 193 Å². The standard InChI is InChI=1S/C26H40N6/c1-5-27-26(28-15-13-24-20(2)29-30(4)21(24)3)32-17-14-25-23(19-32)12-9-16-31(25)18-22-10-7-6-8-11-22/h6-8,10-11,23,25H,5,9,12-19H2,1-4H3,(H,27,28). The number of piperidine rings is 2. The molecule has 2 fully saturated rings. The third-order valence-electron chi connectivity index (χ3n) is 7.33. The number of nitrogens with zero attached hydrogens (tertiary/aromatic N) is 5. The zero-order chi connectivity index (χ0) is 22.5. The Balaban J connectivity index is 1.39. The predicted octanol–water partition coefficient (Wildman–Crippen LogP) is 3.53. The Morgan fingerprint density at radius 2 is 1.97 bits per heavy atom. The fourth-order valence-electron chi connectivity index (χ4n) is 5.59. The van der Waals surface area contributed by atoms with E-state index in [1.54, 1.807) is 0 Å². The van der Waals surface area contributed by atoms with Gasteiger partial charge in [0.1, 0.15) is 0 Å². The second-order valence-corrected chi connectivity index (χ2v) is 9.42. The summed E-state index contributed by atoms with van der Waals surface area (Å²) in [6, 6.07) is 11.7. The van der Waals surface area contributed by atoms with Crippen LogP contribution in [0.25, 0.3) is 0 Å². The first-order valence-corrected chi connectivity index (χ1v) is 12.4. The molecular formula is C26H40N6. The van der Waals surface area contributed by atoms with Crippen molar-refractivity contribution in [2.24, 2.45) is 18.0 Å². The highest BCUT2D eigenvalue weighted by molar-refractivity contribution is 5.80. The number of rotatable bonds is 6. The zero-order valence-electron chi connectivity index (χ0n) is 20.3. The molecular weight excluding hydrogens is 396 g/mol. The van der Waals surface area contributed by atoms with E-state index in [1.165, 1.54) is 42.6 Å². The van der Waals surface area contributed by atoms with Crippen molar-refractivity contribution in [2.75, 3.05) is 32.7 Å². The number of hydrogen-bond donors (Lipinski definition) is 1. The van der Waals surface area contributed by atoms with Crippen LogP contribution in [0, 0.1) is 19.8 Å². The topological polar surface area (TPSA) is 48.7 Å². The number of fused-ring (bicyclic) bond motifs is 1. The van der Waals surface area contributed by atoms with Gasteiger partial charge >= 0.3 is 0 Å². The molecule has 0 saturated carbocycles. The Morgan fingerprint density at radius 3 is 2.69 bits per heavy atom. The maximum Gasteiger partial charge on any atom is 0.193 e. The molecule has 4 rings (SSSR count). The van der Waals surface area contributed by atoms with Gasteiger partial charge in [-0.25, -0.2) is 0 Å². The first-order valence-electron chi connectivity index (χ1n) is 12.4. The quantitative estimate of drug-likeness (QED) is 0.556. The van der Waals surface area contributed by atoms with Crippen molar-refractivity contribution in [1.29, 1.82) is 0 Å². The van der Waals surface area contributed by atoms with Gasteiger partial charge in [0, 0.05) is 51.5 Å². The lowest BCUT2D eigenvalue weighted by Crippen LogP contribution is -2.56. The Bertz CT molecular complexity index is 903. The van der Waals surface area contributed by atoms with Crippen LogP contribution in [0.5, 0.6) is 0 Å². The van der Waals surface area contributed by atoms with Crippen LogP contribution < -0.4 is 5.32 Å². The van der Waals surface area contributed by atoms with Gasteiger partial charge in [-0.2, -0.15) is 5.10 Å². The van der Waals surface area contributed by atoms with Gasteiger partial charge in [-0.3, -0.25) is 14.6 Å². The number of likely N-dealkylation sites (tertiary alicyclic amines) is 2. The van der Waals surface area contributed by atoms with Crippen LogP contribution in [0.4, 0.5) is 0 Å². The van der Waals surface area contributed by atoms with Crippen LogP contribution in [-0.4, -0.2) is 64.3 Å². The summed E-state index contributed by atoms with van der Waals surface area (Å²) >= 11 is 0. The number of aryl methyl sites for hydroxylation is 2. The molecule has 3 heterocycles. The highest BCUT2D eigenvalue weighted by Gasteiger charge is 2.36. The molecule has 2 aliphatic heterocycles. The molecule has 1 N–H and O–H groups in total. The molecule has 2 saturated heterocycles. The van der Waals surface area contributed by atoms with Gasteiger partial charge in [0.05, 0.1) is 5.69 Å². The zero-order valence-corrected chi connectivity index (χ0v) is 20.3. The van der Waals surface area contributed by atoms with E-state index in [2.05, 4.69) is 71.3 Å². The number of aliphatic imine (C=N–C) groups is 1. The van der Waals surface area contributed by atoms with E-state index >= 15 is 0 Å². The molecule has 6 nitrogen and oxygen atoms in total. The fraction of sp³-hybridized carbons (Fsp3) is 0.615. The second-order valence-electron chi connectivity index (χ2n) is 9.42. The highest BCUT2D eigenvalue weighted by atomic mass is 15.3. The number of nitrogens with one attached hydrogen (secondary N) is 1. The SMILES string of the molecule is CCNC(=NCCc1c(C)nn(C)c1C)N1CCC2C(CCCN2Cc2ccccc2)C1. The second kappa shape index (κ2) is 10.5. The third-order valence-corrected chi connectivity index (χ3v) is 7.33. The molecule has 0 radical (unpaired) electrons. The lowest BCUT2D eigenvalue weighted by atomic mass is 9.83. The predicted molar refractivity (Wildman–Crippen MR) is 132 cm³/mol. The molecule has 2 aliphatic rings. The molecule has 2 aromatic rings. The van der Waals surface area contributed by atoms with Crippen molar-refractivity contribution < 1.29 is 0 Å². The molecule has 0 aliphatic carbocycles.